The summed E-state index contributed by atoms with van der Waals surface area (Å²) < 4.78 is 0. The highest BCUT2D eigenvalue weighted by molar-refractivity contribution is 5.81. The lowest BCUT2D eigenvalue weighted by molar-refractivity contribution is -0.120. The Labute approximate surface area is 109 Å². The molecule has 1 aromatic rings. The van der Waals surface area contributed by atoms with E-state index < -0.39 is 0 Å². The van der Waals surface area contributed by atoms with Crippen molar-refractivity contribution in [3.8, 4) is 0 Å². The van der Waals surface area contributed by atoms with Crippen molar-refractivity contribution in [2.24, 2.45) is 5.73 Å². The van der Waals surface area contributed by atoms with Crippen LogP contribution in [-0.2, 0) is 4.79 Å². The monoisotopic (exact) mass is 246 g/mol. The van der Waals surface area contributed by atoms with E-state index in [0.29, 0.717) is 6.04 Å². The number of primary amides is 1. The zero-order chi connectivity index (χ0) is 13.1. The van der Waals surface area contributed by atoms with Gasteiger partial charge in [0.25, 0.3) is 0 Å². The number of benzene rings is 1. The maximum absolute atomic E-state index is 11.6. The van der Waals surface area contributed by atoms with Gasteiger partial charge in [0.1, 0.15) is 6.04 Å². The van der Waals surface area contributed by atoms with Gasteiger partial charge in [-0.15, -0.1) is 0 Å². The molecule has 0 heterocycles. The zero-order valence-electron chi connectivity index (χ0n) is 11.2. The van der Waals surface area contributed by atoms with E-state index in [1.807, 2.05) is 6.07 Å². The molecule has 1 atom stereocenters. The zero-order valence-corrected chi connectivity index (χ0v) is 11.2. The largest absolute Gasteiger partial charge is 0.368 e. The minimum absolute atomic E-state index is 0.287. The van der Waals surface area contributed by atoms with E-state index in [4.69, 9.17) is 5.73 Å². The molecule has 1 aliphatic rings. The van der Waals surface area contributed by atoms with Gasteiger partial charge in [0, 0.05) is 6.04 Å². The van der Waals surface area contributed by atoms with Crippen LogP contribution in [0, 0.1) is 13.8 Å². The summed E-state index contributed by atoms with van der Waals surface area (Å²) in [4.78, 5) is 11.6. The van der Waals surface area contributed by atoms with Gasteiger partial charge in [0.05, 0.1) is 0 Å². The minimum atomic E-state index is -0.354. The van der Waals surface area contributed by atoms with Crippen LogP contribution in [0.4, 0.5) is 0 Å². The Hall–Kier alpha value is -1.35. The number of hydrogen-bond acceptors (Lipinski definition) is 2. The minimum Gasteiger partial charge on any atom is -0.368 e. The molecule has 98 valence electrons. The van der Waals surface area contributed by atoms with Gasteiger partial charge in [-0.25, -0.2) is 0 Å². The van der Waals surface area contributed by atoms with Crippen molar-refractivity contribution >= 4 is 5.91 Å². The first-order chi connectivity index (χ1) is 8.58. The van der Waals surface area contributed by atoms with Crippen LogP contribution in [0.1, 0.15) is 48.4 Å². The van der Waals surface area contributed by atoms with Crippen LogP contribution in [0.3, 0.4) is 0 Å². The second-order valence-electron chi connectivity index (χ2n) is 5.33. The molecule has 1 amide bonds. The third kappa shape index (κ3) is 2.91. The van der Waals surface area contributed by atoms with Crippen molar-refractivity contribution in [2.45, 2.75) is 51.6 Å². The first kappa shape index (κ1) is 13.1. The third-order valence-corrected chi connectivity index (χ3v) is 3.91. The lowest BCUT2D eigenvalue weighted by atomic mass is 9.99. The molecule has 0 bridgehead atoms. The molecular formula is C15H22N2O. The molecule has 2 rings (SSSR count). The van der Waals surface area contributed by atoms with Crippen molar-refractivity contribution in [1.29, 1.82) is 0 Å². The van der Waals surface area contributed by atoms with E-state index in [2.05, 4.69) is 31.3 Å². The Bertz CT molecular complexity index is 436. The first-order valence-corrected chi connectivity index (χ1v) is 6.70. The molecule has 0 spiro atoms. The molecule has 3 nitrogen and oxygen atoms in total. The van der Waals surface area contributed by atoms with Crippen LogP contribution in [0.15, 0.2) is 18.2 Å². The molecule has 1 fully saturated rings. The highest BCUT2D eigenvalue weighted by atomic mass is 16.1. The second kappa shape index (κ2) is 5.53. The topological polar surface area (TPSA) is 55.1 Å². The van der Waals surface area contributed by atoms with Gasteiger partial charge in [0.15, 0.2) is 0 Å². The van der Waals surface area contributed by atoms with Crippen molar-refractivity contribution in [3.05, 3.63) is 34.9 Å². The summed E-state index contributed by atoms with van der Waals surface area (Å²) in [5.41, 5.74) is 8.96. The van der Waals surface area contributed by atoms with Gasteiger partial charge in [-0.2, -0.15) is 0 Å². The number of carbonyl (C=O) groups is 1. The van der Waals surface area contributed by atoms with E-state index in [1.165, 1.54) is 24.0 Å². The molecule has 3 N–H and O–H groups in total. The average Bonchev–Trinajstić information content (AvgIpc) is 2.82. The number of nitrogens with one attached hydrogen (secondary N) is 1. The normalized spacial score (nSPS) is 17.9. The number of rotatable bonds is 4. The van der Waals surface area contributed by atoms with Gasteiger partial charge >= 0.3 is 0 Å². The number of carbonyl (C=O) groups excluding carboxylic acids is 1. The Balaban J connectivity index is 2.17. The predicted octanol–water partition coefficient (Wildman–Crippen LogP) is 2.36. The summed E-state index contributed by atoms with van der Waals surface area (Å²) in [6.07, 6.45) is 4.79. The molecule has 18 heavy (non-hydrogen) atoms. The van der Waals surface area contributed by atoms with Gasteiger partial charge in [-0.3, -0.25) is 10.1 Å². The summed E-state index contributed by atoms with van der Waals surface area (Å²) in [7, 11) is 0. The maximum Gasteiger partial charge on any atom is 0.239 e. The lowest BCUT2D eigenvalue weighted by Gasteiger charge is -2.21. The van der Waals surface area contributed by atoms with Crippen molar-refractivity contribution in [1.82, 2.24) is 5.32 Å². The maximum atomic E-state index is 11.6. The molecule has 0 aromatic heterocycles. The van der Waals surface area contributed by atoms with E-state index >= 15 is 0 Å². The summed E-state index contributed by atoms with van der Waals surface area (Å²) in [5.74, 6) is -0.287. The van der Waals surface area contributed by atoms with Gasteiger partial charge in [-0.1, -0.05) is 31.0 Å². The smallest absolute Gasteiger partial charge is 0.239 e. The van der Waals surface area contributed by atoms with Crippen molar-refractivity contribution in [2.75, 3.05) is 0 Å². The van der Waals surface area contributed by atoms with Gasteiger partial charge in [-0.05, 0) is 43.4 Å². The van der Waals surface area contributed by atoms with Crippen LogP contribution >= 0.6 is 0 Å². The summed E-state index contributed by atoms with van der Waals surface area (Å²) in [6.45, 7) is 4.13. The fraction of sp³-hybridized carbons (Fsp3) is 0.533. The number of hydrogen-bond donors (Lipinski definition) is 2. The molecule has 0 radical (unpaired) electrons. The Kier molecular flexibility index (Phi) is 4.02. The SMILES string of the molecule is Cc1ccc(C(NC2CCCC2)C(N)=O)cc1C. The van der Waals surface area contributed by atoms with Crippen LogP contribution in [0.2, 0.25) is 0 Å². The highest BCUT2D eigenvalue weighted by Crippen LogP contribution is 2.23. The standard InChI is InChI=1S/C15H22N2O/c1-10-7-8-12(9-11(10)2)14(15(16)18)17-13-5-3-4-6-13/h7-9,13-14,17H,3-6H2,1-2H3,(H2,16,18). The Morgan fingerprint density at radius 3 is 2.50 bits per heavy atom. The fourth-order valence-corrected chi connectivity index (χ4v) is 2.61. The van der Waals surface area contributed by atoms with E-state index in [0.717, 1.165) is 18.4 Å². The summed E-state index contributed by atoms with van der Waals surface area (Å²) in [5, 5.41) is 3.40. The summed E-state index contributed by atoms with van der Waals surface area (Å²) >= 11 is 0. The van der Waals surface area contributed by atoms with Crippen molar-refractivity contribution in [3.63, 3.8) is 0 Å². The van der Waals surface area contributed by atoms with Crippen LogP contribution in [0.25, 0.3) is 0 Å². The fourth-order valence-electron chi connectivity index (χ4n) is 2.61. The Morgan fingerprint density at radius 2 is 1.94 bits per heavy atom. The van der Waals surface area contributed by atoms with E-state index in [9.17, 15) is 4.79 Å². The predicted molar refractivity (Wildman–Crippen MR) is 73.2 cm³/mol. The highest BCUT2D eigenvalue weighted by Gasteiger charge is 2.24. The van der Waals surface area contributed by atoms with Crippen molar-refractivity contribution < 1.29 is 4.79 Å². The van der Waals surface area contributed by atoms with Gasteiger partial charge in [0.2, 0.25) is 5.91 Å². The quantitative estimate of drug-likeness (QED) is 0.857. The summed E-state index contributed by atoms with van der Waals surface area (Å²) in [6, 6.07) is 6.19. The third-order valence-electron chi connectivity index (χ3n) is 3.91. The average molecular weight is 246 g/mol. The molecular weight excluding hydrogens is 224 g/mol. The Morgan fingerprint density at radius 1 is 1.28 bits per heavy atom. The van der Waals surface area contributed by atoms with Crippen LogP contribution in [-0.4, -0.2) is 11.9 Å². The van der Waals surface area contributed by atoms with Crippen LogP contribution < -0.4 is 11.1 Å². The molecule has 1 aromatic carbocycles. The van der Waals surface area contributed by atoms with Gasteiger partial charge < -0.3 is 5.73 Å². The molecule has 0 saturated heterocycles. The molecule has 0 aliphatic heterocycles. The van der Waals surface area contributed by atoms with E-state index in [-0.39, 0.29) is 11.9 Å². The molecule has 1 saturated carbocycles. The second-order valence-corrected chi connectivity index (χ2v) is 5.33. The lowest BCUT2D eigenvalue weighted by Crippen LogP contribution is -2.38. The number of aryl methyl sites for hydroxylation is 2. The van der Waals surface area contributed by atoms with Crippen LogP contribution in [0.5, 0.6) is 0 Å². The molecule has 3 heteroatoms. The number of amides is 1. The first-order valence-electron chi connectivity index (χ1n) is 6.70. The number of nitrogens with two attached hydrogens (primary N) is 1. The molecule has 1 aliphatic carbocycles. The van der Waals surface area contributed by atoms with E-state index in [1.54, 1.807) is 0 Å². The molecule has 1 unspecified atom stereocenters.